The molecule has 202 valence electrons. The molecule has 8 heteroatoms. The molecule has 0 aliphatic carbocycles. The molecule has 1 atom stereocenters. The number of aryl methyl sites for hydroxylation is 2. The highest BCUT2D eigenvalue weighted by molar-refractivity contribution is 5.94. The van der Waals surface area contributed by atoms with Crippen molar-refractivity contribution >= 4 is 22.8 Å². The normalized spacial score (nSPS) is 19.1. The zero-order chi connectivity index (χ0) is 26.9. The molecule has 6 rings (SSSR count). The van der Waals surface area contributed by atoms with Crippen molar-refractivity contribution in [2.75, 3.05) is 37.6 Å². The van der Waals surface area contributed by atoms with E-state index in [0.29, 0.717) is 12.1 Å². The molecule has 2 aromatic heterocycles. The van der Waals surface area contributed by atoms with Crippen molar-refractivity contribution in [2.45, 2.75) is 52.1 Å². The van der Waals surface area contributed by atoms with Crippen LogP contribution in [0.25, 0.3) is 22.6 Å². The zero-order valence-corrected chi connectivity index (χ0v) is 23.1. The maximum atomic E-state index is 13.0. The number of para-hydroxylation sites is 2. The molecule has 4 aromatic rings. The Morgan fingerprint density at radius 1 is 0.974 bits per heavy atom. The summed E-state index contributed by atoms with van der Waals surface area (Å²) >= 11 is 0. The minimum atomic E-state index is 0.158. The summed E-state index contributed by atoms with van der Waals surface area (Å²) in [5.41, 5.74) is 5.61. The van der Waals surface area contributed by atoms with Crippen LogP contribution in [0.2, 0.25) is 0 Å². The number of piperazine rings is 1. The number of anilines is 1. The van der Waals surface area contributed by atoms with E-state index in [1.165, 1.54) is 5.56 Å². The molecule has 2 fully saturated rings. The lowest BCUT2D eigenvalue weighted by Crippen LogP contribution is -2.58. The number of aromatic amines is 1. The van der Waals surface area contributed by atoms with Crippen molar-refractivity contribution < 1.29 is 4.79 Å². The second-order valence-corrected chi connectivity index (χ2v) is 10.9. The van der Waals surface area contributed by atoms with Crippen molar-refractivity contribution in [3.8, 4) is 11.5 Å². The standard InChI is InChI=1S/C31H37N7O/c1-4-24-20-37(30-22(3)33-28(19-32-30)29-34-26-7-5-6-8-27(26)35-29)17-18-38(24)25-13-15-36(16-14-25)31(39)23-11-9-21(2)10-12-23/h5-12,19,24-25H,4,13-18,20H2,1-3H3,(H,34,35)/t24-/m0/s1. The van der Waals surface area contributed by atoms with Gasteiger partial charge in [0.1, 0.15) is 11.5 Å². The summed E-state index contributed by atoms with van der Waals surface area (Å²) in [5.74, 6) is 1.87. The number of fused-ring (bicyclic) bond motifs is 1. The molecule has 0 bridgehead atoms. The molecule has 0 spiro atoms. The Morgan fingerprint density at radius 2 is 1.74 bits per heavy atom. The third-order valence-electron chi connectivity index (χ3n) is 8.37. The summed E-state index contributed by atoms with van der Waals surface area (Å²) in [6.45, 7) is 10.9. The number of hydrogen-bond donors (Lipinski definition) is 1. The van der Waals surface area contributed by atoms with E-state index in [1.807, 2.05) is 66.6 Å². The first-order valence-electron chi connectivity index (χ1n) is 14.2. The van der Waals surface area contributed by atoms with Gasteiger partial charge in [-0.2, -0.15) is 0 Å². The summed E-state index contributed by atoms with van der Waals surface area (Å²) in [5, 5.41) is 0. The summed E-state index contributed by atoms with van der Waals surface area (Å²) in [7, 11) is 0. The summed E-state index contributed by atoms with van der Waals surface area (Å²) in [6.07, 6.45) is 4.98. The van der Waals surface area contributed by atoms with Crippen molar-refractivity contribution in [1.29, 1.82) is 0 Å². The number of rotatable bonds is 5. The highest BCUT2D eigenvalue weighted by atomic mass is 16.2. The van der Waals surface area contributed by atoms with Gasteiger partial charge in [0.15, 0.2) is 5.82 Å². The van der Waals surface area contributed by atoms with E-state index >= 15 is 0 Å². The Hall–Kier alpha value is -3.78. The first kappa shape index (κ1) is 25.5. The fourth-order valence-electron chi connectivity index (χ4n) is 6.16. The van der Waals surface area contributed by atoms with Crippen LogP contribution in [0.3, 0.4) is 0 Å². The van der Waals surface area contributed by atoms with Gasteiger partial charge in [-0.15, -0.1) is 0 Å². The van der Waals surface area contributed by atoms with Crippen LogP contribution >= 0.6 is 0 Å². The topological polar surface area (TPSA) is 81.2 Å². The van der Waals surface area contributed by atoms with E-state index in [4.69, 9.17) is 9.97 Å². The molecular weight excluding hydrogens is 486 g/mol. The number of amides is 1. The number of H-pyrrole nitrogens is 1. The van der Waals surface area contributed by atoms with Crippen LogP contribution in [0.15, 0.2) is 54.7 Å². The van der Waals surface area contributed by atoms with Gasteiger partial charge in [-0.3, -0.25) is 9.69 Å². The number of likely N-dealkylation sites (tertiary alicyclic amines) is 1. The van der Waals surface area contributed by atoms with Crippen molar-refractivity contribution in [1.82, 2.24) is 29.7 Å². The summed E-state index contributed by atoms with van der Waals surface area (Å²) in [4.78, 5) is 37.9. The van der Waals surface area contributed by atoms with Crippen LogP contribution in [-0.2, 0) is 0 Å². The van der Waals surface area contributed by atoms with E-state index in [2.05, 4.69) is 33.6 Å². The fraction of sp³-hybridized carbons (Fsp3) is 0.419. The molecule has 4 heterocycles. The Bertz CT molecular complexity index is 1420. The lowest BCUT2D eigenvalue weighted by molar-refractivity contribution is 0.0490. The van der Waals surface area contributed by atoms with Gasteiger partial charge in [0, 0.05) is 50.4 Å². The number of nitrogens with zero attached hydrogens (tertiary/aromatic N) is 6. The predicted molar refractivity (Wildman–Crippen MR) is 155 cm³/mol. The molecule has 0 saturated carbocycles. The highest BCUT2D eigenvalue weighted by Crippen LogP contribution is 2.28. The van der Waals surface area contributed by atoms with Crippen molar-refractivity contribution in [2.24, 2.45) is 0 Å². The molecule has 0 unspecified atom stereocenters. The Morgan fingerprint density at radius 3 is 2.46 bits per heavy atom. The Kier molecular flexibility index (Phi) is 7.04. The van der Waals surface area contributed by atoms with Gasteiger partial charge in [0.25, 0.3) is 5.91 Å². The predicted octanol–water partition coefficient (Wildman–Crippen LogP) is 4.84. The molecule has 0 radical (unpaired) electrons. The van der Waals surface area contributed by atoms with Crippen molar-refractivity contribution in [3.05, 3.63) is 71.5 Å². The van der Waals surface area contributed by atoms with Crippen LogP contribution in [-0.4, -0.2) is 80.5 Å². The quantitative estimate of drug-likeness (QED) is 0.403. The monoisotopic (exact) mass is 523 g/mol. The lowest BCUT2D eigenvalue weighted by atomic mass is 9.97. The number of imidazole rings is 1. The SMILES string of the molecule is CC[C@H]1CN(c2ncc(-c3nc4ccccc4[nH]3)nc2C)CCN1C1CCN(C(=O)c2ccc(C)cc2)CC1. The van der Waals surface area contributed by atoms with Crippen LogP contribution in [0, 0.1) is 13.8 Å². The number of carbonyl (C=O) groups is 1. The van der Waals surface area contributed by atoms with E-state index in [-0.39, 0.29) is 5.91 Å². The first-order valence-corrected chi connectivity index (χ1v) is 14.2. The highest BCUT2D eigenvalue weighted by Gasteiger charge is 2.35. The second-order valence-electron chi connectivity index (χ2n) is 10.9. The summed E-state index contributed by atoms with van der Waals surface area (Å²) in [6, 6.07) is 16.9. The van der Waals surface area contributed by atoms with Gasteiger partial charge < -0.3 is 14.8 Å². The molecule has 2 aliphatic rings. The van der Waals surface area contributed by atoms with Crippen LogP contribution < -0.4 is 4.90 Å². The summed E-state index contributed by atoms with van der Waals surface area (Å²) < 4.78 is 0. The maximum Gasteiger partial charge on any atom is 0.253 e. The molecular formula is C31H37N7O. The first-order chi connectivity index (χ1) is 19.0. The Balaban J connectivity index is 1.09. The molecule has 39 heavy (non-hydrogen) atoms. The third kappa shape index (κ3) is 5.13. The molecule has 1 amide bonds. The van der Waals surface area contributed by atoms with Gasteiger partial charge in [0.05, 0.1) is 22.9 Å². The van der Waals surface area contributed by atoms with Gasteiger partial charge >= 0.3 is 0 Å². The number of hydrogen-bond acceptors (Lipinski definition) is 6. The molecule has 1 N–H and O–H groups in total. The number of aromatic nitrogens is 4. The second kappa shape index (κ2) is 10.8. The maximum absolute atomic E-state index is 13.0. The largest absolute Gasteiger partial charge is 0.352 e. The molecule has 2 saturated heterocycles. The Labute approximate surface area is 230 Å². The molecule has 2 aromatic carbocycles. The zero-order valence-electron chi connectivity index (χ0n) is 23.1. The average molecular weight is 524 g/mol. The number of benzene rings is 2. The van der Waals surface area contributed by atoms with E-state index in [9.17, 15) is 4.79 Å². The smallest absolute Gasteiger partial charge is 0.253 e. The van der Waals surface area contributed by atoms with Gasteiger partial charge in [-0.1, -0.05) is 36.8 Å². The van der Waals surface area contributed by atoms with Gasteiger partial charge in [-0.25, -0.2) is 15.0 Å². The van der Waals surface area contributed by atoms with Crippen molar-refractivity contribution in [3.63, 3.8) is 0 Å². The fourth-order valence-corrected chi connectivity index (χ4v) is 6.16. The minimum absolute atomic E-state index is 0.158. The van der Waals surface area contributed by atoms with Gasteiger partial charge in [-0.05, 0) is 57.4 Å². The molecule has 8 nitrogen and oxygen atoms in total. The van der Waals surface area contributed by atoms with E-state index < -0.39 is 0 Å². The van der Waals surface area contributed by atoms with Crippen LogP contribution in [0.5, 0.6) is 0 Å². The average Bonchev–Trinajstić information content (AvgIpc) is 3.41. The number of nitrogens with one attached hydrogen (secondary N) is 1. The number of carbonyl (C=O) groups excluding carboxylic acids is 1. The van der Waals surface area contributed by atoms with E-state index in [1.54, 1.807) is 0 Å². The van der Waals surface area contributed by atoms with E-state index in [0.717, 1.165) is 91.6 Å². The third-order valence-corrected chi connectivity index (χ3v) is 8.37. The number of piperidine rings is 1. The van der Waals surface area contributed by atoms with Crippen LogP contribution in [0.1, 0.15) is 47.8 Å². The lowest BCUT2D eigenvalue weighted by Gasteiger charge is -2.47. The van der Waals surface area contributed by atoms with Gasteiger partial charge in [0.2, 0.25) is 0 Å². The minimum Gasteiger partial charge on any atom is -0.352 e. The molecule has 2 aliphatic heterocycles. The van der Waals surface area contributed by atoms with Crippen LogP contribution in [0.4, 0.5) is 5.82 Å².